The number of hydrogen-bond donors (Lipinski definition) is 0. The van der Waals surface area contributed by atoms with Gasteiger partial charge in [-0.2, -0.15) is 5.26 Å². The second-order valence-corrected chi connectivity index (χ2v) is 4.81. The summed E-state index contributed by atoms with van der Waals surface area (Å²) in [5.41, 5.74) is 0.0642. The number of nitrogens with zero attached hydrogens (tertiary/aromatic N) is 2. The Balaban J connectivity index is 2.76. The summed E-state index contributed by atoms with van der Waals surface area (Å²) in [6, 6.07) is 9.65. The molecule has 0 heterocycles. The Hall–Kier alpha value is -2.02. The molecule has 0 fully saturated rings. The molecule has 4 heteroatoms. The molecule has 0 aromatic heterocycles. The molecule has 0 spiro atoms. The molecule has 1 rings (SSSR count). The van der Waals surface area contributed by atoms with Crippen molar-refractivity contribution >= 4 is 5.91 Å². The van der Waals surface area contributed by atoms with Crippen LogP contribution in [0.1, 0.15) is 25.8 Å². The molecule has 0 aliphatic heterocycles. The minimum Gasteiger partial charge on any atom is -0.497 e. The van der Waals surface area contributed by atoms with E-state index in [2.05, 4.69) is 6.07 Å². The van der Waals surface area contributed by atoms with Crippen LogP contribution in [0.4, 0.5) is 0 Å². The van der Waals surface area contributed by atoms with Crippen molar-refractivity contribution in [2.24, 2.45) is 5.41 Å². The van der Waals surface area contributed by atoms with Gasteiger partial charge in [-0.25, -0.2) is 0 Å². The Morgan fingerprint density at radius 1 is 1.42 bits per heavy atom. The molecule has 0 aliphatic rings. The molecular weight excluding hydrogens is 240 g/mol. The van der Waals surface area contributed by atoms with Gasteiger partial charge in [-0.1, -0.05) is 19.1 Å². The predicted molar refractivity (Wildman–Crippen MR) is 73.5 cm³/mol. The van der Waals surface area contributed by atoms with Crippen molar-refractivity contribution in [3.8, 4) is 11.8 Å². The highest BCUT2D eigenvalue weighted by atomic mass is 16.5. The molecular formula is C15H20N2O2. The average molecular weight is 260 g/mol. The fourth-order valence-corrected chi connectivity index (χ4v) is 1.78. The molecule has 1 unspecified atom stereocenters. The largest absolute Gasteiger partial charge is 0.497 e. The lowest BCUT2D eigenvalue weighted by Gasteiger charge is -2.26. The first-order valence-electron chi connectivity index (χ1n) is 6.26. The summed E-state index contributed by atoms with van der Waals surface area (Å²) in [6.45, 7) is 4.02. The van der Waals surface area contributed by atoms with E-state index in [0.29, 0.717) is 13.0 Å². The van der Waals surface area contributed by atoms with Crippen molar-refractivity contribution in [1.29, 1.82) is 5.26 Å². The standard InChI is InChI=1S/C15H20N2O2/c1-5-15(2,11-16)14(18)17(3)10-12-6-8-13(19-4)9-7-12/h6-9H,5,10H2,1-4H3. The predicted octanol–water partition coefficient (Wildman–Crippen LogP) is 2.59. The van der Waals surface area contributed by atoms with E-state index in [-0.39, 0.29) is 5.91 Å². The van der Waals surface area contributed by atoms with Gasteiger partial charge in [-0.3, -0.25) is 4.79 Å². The number of carbonyl (C=O) groups excluding carboxylic acids is 1. The van der Waals surface area contributed by atoms with Gasteiger partial charge in [0.2, 0.25) is 5.91 Å². The first kappa shape index (κ1) is 15.0. The zero-order valence-corrected chi connectivity index (χ0v) is 11.9. The second-order valence-electron chi connectivity index (χ2n) is 4.81. The van der Waals surface area contributed by atoms with Gasteiger partial charge in [0, 0.05) is 13.6 Å². The summed E-state index contributed by atoms with van der Waals surface area (Å²) in [5, 5.41) is 9.12. The van der Waals surface area contributed by atoms with Crippen LogP contribution in [0.15, 0.2) is 24.3 Å². The van der Waals surface area contributed by atoms with Crippen LogP contribution in [0.25, 0.3) is 0 Å². The van der Waals surface area contributed by atoms with Crippen LogP contribution < -0.4 is 4.74 Å². The number of carbonyl (C=O) groups is 1. The summed E-state index contributed by atoms with van der Waals surface area (Å²) >= 11 is 0. The second kappa shape index (κ2) is 6.24. The van der Waals surface area contributed by atoms with E-state index in [1.54, 1.807) is 26.0 Å². The molecule has 1 amide bonds. The number of methoxy groups -OCH3 is 1. The highest BCUT2D eigenvalue weighted by Gasteiger charge is 2.33. The third-order valence-corrected chi connectivity index (χ3v) is 3.35. The van der Waals surface area contributed by atoms with E-state index in [9.17, 15) is 4.79 Å². The number of rotatable bonds is 5. The molecule has 1 aromatic rings. The SMILES string of the molecule is CCC(C)(C#N)C(=O)N(C)Cc1ccc(OC)cc1. The van der Waals surface area contributed by atoms with Crippen LogP contribution >= 0.6 is 0 Å². The van der Waals surface area contributed by atoms with Crippen LogP contribution in [0.3, 0.4) is 0 Å². The van der Waals surface area contributed by atoms with Gasteiger partial charge in [-0.05, 0) is 31.0 Å². The third kappa shape index (κ3) is 3.47. The van der Waals surface area contributed by atoms with Gasteiger partial charge in [-0.15, -0.1) is 0 Å². The molecule has 1 atom stereocenters. The quantitative estimate of drug-likeness (QED) is 0.817. The lowest BCUT2D eigenvalue weighted by Crippen LogP contribution is -2.38. The summed E-state index contributed by atoms with van der Waals surface area (Å²) in [5.74, 6) is 0.640. The Bertz CT molecular complexity index is 476. The fraction of sp³-hybridized carbons (Fsp3) is 0.467. The third-order valence-electron chi connectivity index (χ3n) is 3.35. The monoisotopic (exact) mass is 260 g/mol. The lowest BCUT2D eigenvalue weighted by molar-refractivity contribution is -0.137. The molecule has 1 aromatic carbocycles. The van der Waals surface area contributed by atoms with Crippen LogP contribution in [-0.4, -0.2) is 25.0 Å². The first-order valence-corrected chi connectivity index (χ1v) is 6.26. The number of benzene rings is 1. The van der Waals surface area contributed by atoms with E-state index in [1.165, 1.54) is 0 Å². The number of amides is 1. The van der Waals surface area contributed by atoms with Crippen LogP contribution in [-0.2, 0) is 11.3 Å². The van der Waals surface area contributed by atoms with E-state index < -0.39 is 5.41 Å². The number of hydrogen-bond acceptors (Lipinski definition) is 3. The molecule has 19 heavy (non-hydrogen) atoms. The summed E-state index contributed by atoms with van der Waals surface area (Å²) in [7, 11) is 3.34. The Kier molecular flexibility index (Phi) is 4.94. The fourth-order valence-electron chi connectivity index (χ4n) is 1.78. The lowest BCUT2D eigenvalue weighted by atomic mass is 9.88. The molecule has 0 bridgehead atoms. The van der Waals surface area contributed by atoms with Crippen LogP contribution in [0, 0.1) is 16.7 Å². The average Bonchev–Trinajstić information content (AvgIpc) is 2.46. The molecule has 0 radical (unpaired) electrons. The maximum Gasteiger partial charge on any atom is 0.242 e. The minimum absolute atomic E-state index is 0.145. The molecule has 102 valence electrons. The Labute approximate surface area is 114 Å². The normalized spacial score (nSPS) is 13.2. The van der Waals surface area contributed by atoms with E-state index in [0.717, 1.165) is 11.3 Å². The molecule has 4 nitrogen and oxygen atoms in total. The Morgan fingerprint density at radius 2 is 2.00 bits per heavy atom. The zero-order chi connectivity index (χ0) is 14.5. The molecule has 0 saturated heterocycles. The Morgan fingerprint density at radius 3 is 2.42 bits per heavy atom. The van der Waals surface area contributed by atoms with Crippen molar-refractivity contribution in [3.63, 3.8) is 0 Å². The van der Waals surface area contributed by atoms with Gasteiger partial charge < -0.3 is 9.64 Å². The van der Waals surface area contributed by atoms with Crippen molar-refractivity contribution in [3.05, 3.63) is 29.8 Å². The summed E-state index contributed by atoms with van der Waals surface area (Å²) < 4.78 is 5.09. The van der Waals surface area contributed by atoms with Crippen LogP contribution in [0.5, 0.6) is 5.75 Å². The number of ether oxygens (including phenoxy) is 1. The van der Waals surface area contributed by atoms with Crippen molar-refractivity contribution in [2.45, 2.75) is 26.8 Å². The number of nitriles is 1. The van der Waals surface area contributed by atoms with Crippen molar-refractivity contribution < 1.29 is 9.53 Å². The summed E-state index contributed by atoms with van der Waals surface area (Å²) in [6.07, 6.45) is 0.509. The van der Waals surface area contributed by atoms with Gasteiger partial charge in [0.15, 0.2) is 0 Å². The molecule has 0 saturated carbocycles. The van der Waals surface area contributed by atoms with Gasteiger partial charge in [0.1, 0.15) is 11.2 Å². The van der Waals surface area contributed by atoms with Crippen molar-refractivity contribution in [1.82, 2.24) is 4.90 Å². The van der Waals surface area contributed by atoms with E-state index in [1.807, 2.05) is 31.2 Å². The van der Waals surface area contributed by atoms with E-state index >= 15 is 0 Å². The van der Waals surface area contributed by atoms with E-state index in [4.69, 9.17) is 10.00 Å². The van der Waals surface area contributed by atoms with Crippen molar-refractivity contribution in [2.75, 3.05) is 14.2 Å². The molecule has 0 N–H and O–H groups in total. The maximum atomic E-state index is 12.2. The first-order chi connectivity index (χ1) is 8.96. The highest BCUT2D eigenvalue weighted by Crippen LogP contribution is 2.23. The zero-order valence-electron chi connectivity index (χ0n) is 11.9. The van der Waals surface area contributed by atoms with Crippen LogP contribution in [0.2, 0.25) is 0 Å². The summed E-state index contributed by atoms with van der Waals surface area (Å²) in [4.78, 5) is 13.8. The van der Waals surface area contributed by atoms with Gasteiger partial charge in [0.25, 0.3) is 0 Å². The smallest absolute Gasteiger partial charge is 0.242 e. The highest BCUT2D eigenvalue weighted by molar-refractivity contribution is 5.84. The molecule has 0 aliphatic carbocycles. The van der Waals surface area contributed by atoms with Gasteiger partial charge >= 0.3 is 0 Å². The maximum absolute atomic E-state index is 12.2. The topological polar surface area (TPSA) is 53.3 Å². The van der Waals surface area contributed by atoms with Gasteiger partial charge in [0.05, 0.1) is 13.2 Å². The minimum atomic E-state index is -0.943.